The van der Waals surface area contributed by atoms with Gasteiger partial charge in [-0.1, -0.05) is 42.9 Å². The van der Waals surface area contributed by atoms with E-state index in [0.717, 1.165) is 12.0 Å². The number of rotatable bonds is 7. The van der Waals surface area contributed by atoms with E-state index in [-0.39, 0.29) is 5.56 Å². The summed E-state index contributed by atoms with van der Waals surface area (Å²) in [6.45, 7) is 4.94. The summed E-state index contributed by atoms with van der Waals surface area (Å²) in [5.74, 6) is 2.06. The topological polar surface area (TPSA) is 73.8 Å². The third kappa shape index (κ3) is 4.02. The smallest absolute Gasteiger partial charge is 0.262 e. The minimum atomic E-state index is -0.00163. The van der Waals surface area contributed by atoms with Crippen LogP contribution in [0.5, 0.6) is 0 Å². The molecule has 8 heteroatoms. The van der Waals surface area contributed by atoms with Crippen molar-refractivity contribution in [1.29, 1.82) is 0 Å². The number of benzene rings is 1. The predicted molar refractivity (Wildman–Crippen MR) is 113 cm³/mol. The fourth-order valence-corrected chi connectivity index (χ4v) is 4.29. The summed E-state index contributed by atoms with van der Waals surface area (Å²) >= 11 is 3.04. The summed E-state index contributed by atoms with van der Waals surface area (Å²) in [5, 5.41) is 9.33. The molecule has 0 N–H and O–H groups in total. The molecule has 4 rings (SSSR count). The van der Waals surface area contributed by atoms with Gasteiger partial charge in [0.25, 0.3) is 5.56 Å². The summed E-state index contributed by atoms with van der Waals surface area (Å²) in [6.07, 6.45) is 0.913. The first-order valence-corrected chi connectivity index (χ1v) is 11.0. The first-order valence-electron chi connectivity index (χ1n) is 9.09. The molecule has 0 saturated carbocycles. The van der Waals surface area contributed by atoms with E-state index in [1.165, 1.54) is 11.8 Å². The van der Waals surface area contributed by atoms with Gasteiger partial charge >= 0.3 is 0 Å². The van der Waals surface area contributed by atoms with Crippen molar-refractivity contribution in [2.45, 2.75) is 37.7 Å². The van der Waals surface area contributed by atoms with Crippen molar-refractivity contribution in [2.24, 2.45) is 5.92 Å². The van der Waals surface area contributed by atoms with Crippen molar-refractivity contribution in [2.75, 3.05) is 0 Å². The summed E-state index contributed by atoms with van der Waals surface area (Å²) in [7, 11) is 0. The number of fused-ring (bicyclic) bond motifs is 1. The highest BCUT2D eigenvalue weighted by Crippen LogP contribution is 2.24. The molecule has 1 aromatic carbocycles. The molecule has 0 spiro atoms. The Bertz CT molecular complexity index is 1130. The van der Waals surface area contributed by atoms with Crippen molar-refractivity contribution < 1.29 is 4.52 Å². The van der Waals surface area contributed by atoms with Crippen LogP contribution in [0.25, 0.3) is 22.3 Å². The Kier molecular flexibility index (Phi) is 5.59. The Morgan fingerprint density at radius 1 is 1.21 bits per heavy atom. The normalized spacial score (nSPS) is 11.5. The average Bonchev–Trinajstić information content (AvgIpc) is 3.37. The van der Waals surface area contributed by atoms with Gasteiger partial charge in [0.2, 0.25) is 11.7 Å². The Morgan fingerprint density at radius 3 is 2.86 bits per heavy atom. The predicted octanol–water partition coefficient (Wildman–Crippen LogP) is 4.85. The zero-order valence-electron chi connectivity index (χ0n) is 15.7. The maximum absolute atomic E-state index is 13.0. The molecular formula is C20H20N4O2S2. The maximum Gasteiger partial charge on any atom is 0.262 e. The highest BCUT2D eigenvalue weighted by Gasteiger charge is 2.15. The lowest BCUT2D eigenvalue weighted by molar-refractivity contribution is 0.391. The van der Waals surface area contributed by atoms with E-state index in [4.69, 9.17) is 9.51 Å². The Labute approximate surface area is 170 Å². The van der Waals surface area contributed by atoms with Crippen LogP contribution in [0.3, 0.4) is 0 Å². The van der Waals surface area contributed by atoms with E-state index in [9.17, 15) is 4.79 Å². The summed E-state index contributed by atoms with van der Waals surface area (Å²) < 4.78 is 7.14. The lowest BCUT2D eigenvalue weighted by Gasteiger charge is -2.13. The molecule has 0 fully saturated rings. The van der Waals surface area contributed by atoms with Crippen LogP contribution in [0.4, 0.5) is 0 Å². The first kappa shape index (κ1) is 18.9. The van der Waals surface area contributed by atoms with Gasteiger partial charge in [-0.2, -0.15) is 16.3 Å². The van der Waals surface area contributed by atoms with Gasteiger partial charge in [-0.15, -0.1) is 0 Å². The van der Waals surface area contributed by atoms with E-state index in [2.05, 4.69) is 24.0 Å². The zero-order chi connectivity index (χ0) is 19.5. The van der Waals surface area contributed by atoms with Crippen LogP contribution in [0, 0.1) is 5.92 Å². The van der Waals surface area contributed by atoms with Gasteiger partial charge in [-0.3, -0.25) is 9.36 Å². The third-order valence-electron chi connectivity index (χ3n) is 4.33. The number of hydrogen-bond donors (Lipinski definition) is 0. The van der Waals surface area contributed by atoms with Gasteiger partial charge in [-0.05, 0) is 35.9 Å². The number of aromatic nitrogens is 4. The standard InChI is InChI=1S/C20H20N4O2S2/c1-13(2)7-9-24-19(25)15-5-3-4-6-16(15)21-20(24)28-12-17-22-18(23-26-17)14-8-10-27-11-14/h3-6,8,10-11,13H,7,9,12H2,1-2H3. The quantitative estimate of drug-likeness (QED) is 0.319. The molecule has 0 atom stereocenters. The number of hydrogen-bond acceptors (Lipinski definition) is 7. The summed E-state index contributed by atoms with van der Waals surface area (Å²) in [5.41, 5.74) is 1.65. The average molecular weight is 413 g/mol. The van der Waals surface area contributed by atoms with Crippen LogP contribution < -0.4 is 5.56 Å². The van der Waals surface area contributed by atoms with Crippen LogP contribution >= 0.6 is 23.1 Å². The lowest BCUT2D eigenvalue weighted by Crippen LogP contribution is -2.24. The molecule has 0 radical (unpaired) electrons. The highest BCUT2D eigenvalue weighted by molar-refractivity contribution is 7.98. The second-order valence-corrected chi connectivity index (χ2v) is 8.59. The Morgan fingerprint density at radius 2 is 2.07 bits per heavy atom. The zero-order valence-corrected chi connectivity index (χ0v) is 17.3. The molecule has 0 amide bonds. The Balaban J connectivity index is 1.61. The lowest BCUT2D eigenvalue weighted by atomic mass is 10.1. The first-order chi connectivity index (χ1) is 13.6. The van der Waals surface area contributed by atoms with E-state index in [1.807, 2.05) is 41.1 Å². The highest BCUT2D eigenvalue weighted by atomic mass is 32.2. The molecule has 0 aliphatic rings. The van der Waals surface area contributed by atoms with E-state index in [1.54, 1.807) is 15.9 Å². The largest absolute Gasteiger partial charge is 0.338 e. The van der Waals surface area contributed by atoms with Crippen molar-refractivity contribution in [3.05, 3.63) is 57.3 Å². The molecule has 0 unspecified atom stereocenters. The second-order valence-electron chi connectivity index (χ2n) is 6.86. The van der Waals surface area contributed by atoms with Gasteiger partial charge in [-0.25, -0.2) is 4.98 Å². The summed E-state index contributed by atoms with van der Waals surface area (Å²) in [6, 6.07) is 9.42. The van der Waals surface area contributed by atoms with E-state index < -0.39 is 0 Å². The summed E-state index contributed by atoms with van der Waals surface area (Å²) in [4.78, 5) is 22.2. The third-order valence-corrected chi connectivity index (χ3v) is 5.97. The minimum Gasteiger partial charge on any atom is -0.338 e. The molecule has 28 heavy (non-hydrogen) atoms. The van der Waals surface area contributed by atoms with Gasteiger partial charge in [0.15, 0.2) is 5.16 Å². The fourth-order valence-electron chi connectivity index (χ4n) is 2.79. The second kappa shape index (κ2) is 8.28. The van der Waals surface area contributed by atoms with E-state index in [0.29, 0.717) is 46.0 Å². The molecule has 0 saturated heterocycles. The maximum atomic E-state index is 13.0. The monoisotopic (exact) mass is 412 g/mol. The van der Waals surface area contributed by atoms with Crippen LogP contribution in [0.1, 0.15) is 26.2 Å². The van der Waals surface area contributed by atoms with Gasteiger partial charge in [0.1, 0.15) is 0 Å². The molecular weight excluding hydrogens is 392 g/mol. The molecule has 0 aliphatic carbocycles. The van der Waals surface area contributed by atoms with Crippen LogP contribution in [0.15, 0.2) is 55.6 Å². The molecule has 3 aromatic heterocycles. The molecule has 0 aliphatic heterocycles. The number of thioether (sulfide) groups is 1. The molecule has 144 valence electrons. The molecule has 6 nitrogen and oxygen atoms in total. The Hall–Kier alpha value is -2.45. The van der Waals surface area contributed by atoms with Crippen LogP contribution in [-0.2, 0) is 12.3 Å². The number of para-hydroxylation sites is 1. The fraction of sp³-hybridized carbons (Fsp3) is 0.300. The molecule has 4 aromatic rings. The van der Waals surface area contributed by atoms with Crippen molar-refractivity contribution in [3.63, 3.8) is 0 Å². The SMILES string of the molecule is CC(C)CCn1c(SCc2nc(-c3ccsc3)no2)nc2ccccc2c1=O. The minimum absolute atomic E-state index is 0.00163. The number of thiophene rings is 1. The van der Waals surface area contributed by atoms with E-state index >= 15 is 0 Å². The number of nitrogens with zero attached hydrogens (tertiary/aromatic N) is 4. The van der Waals surface area contributed by atoms with Crippen molar-refractivity contribution in [3.8, 4) is 11.4 Å². The van der Waals surface area contributed by atoms with Crippen molar-refractivity contribution >= 4 is 34.0 Å². The molecule has 0 bridgehead atoms. The van der Waals surface area contributed by atoms with Crippen LogP contribution in [0.2, 0.25) is 0 Å². The molecule has 3 heterocycles. The van der Waals surface area contributed by atoms with Gasteiger partial charge < -0.3 is 4.52 Å². The van der Waals surface area contributed by atoms with Crippen LogP contribution in [-0.4, -0.2) is 19.7 Å². The van der Waals surface area contributed by atoms with Gasteiger partial charge in [0, 0.05) is 17.5 Å². The van der Waals surface area contributed by atoms with Gasteiger partial charge in [0.05, 0.1) is 16.7 Å². The van der Waals surface area contributed by atoms with Crippen molar-refractivity contribution in [1.82, 2.24) is 19.7 Å².